The number of rotatable bonds is 5. The molecule has 5 heterocycles. The maximum atomic E-state index is 12.2. The van der Waals surface area contributed by atoms with Gasteiger partial charge in [-0.25, -0.2) is 4.99 Å². The van der Waals surface area contributed by atoms with Crippen molar-refractivity contribution in [3.05, 3.63) is 110 Å². The van der Waals surface area contributed by atoms with Gasteiger partial charge in [-0.15, -0.1) is 0 Å². The number of aliphatic hydroxyl groups excluding tert-OH is 1. The van der Waals surface area contributed by atoms with Crippen LogP contribution in [0.4, 0.5) is 0 Å². The summed E-state index contributed by atoms with van der Waals surface area (Å²) in [5.41, 5.74) is 11.3. The second-order valence-electron chi connectivity index (χ2n) is 12.9. The summed E-state index contributed by atoms with van der Waals surface area (Å²) in [4.78, 5) is 26.2. The van der Waals surface area contributed by atoms with Crippen molar-refractivity contribution in [3.8, 4) is 0 Å². The maximum Gasteiger partial charge on any atom is 0.305 e. The van der Waals surface area contributed by atoms with Gasteiger partial charge in [-0.1, -0.05) is 50.8 Å². The van der Waals surface area contributed by atoms with Crippen molar-refractivity contribution in [1.82, 2.24) is 10.3 Å². The van der Waals surface area contributed by atoms with Crippen LogP contribution in [-0.4, -0.2) is 40.6 Å². The number of fused-ring (bicyclic) bond motifs is 9. The smallest absolute Gasteiger partial charge is 0.305 e. The predicted molar refractivity (Wildman–Crippen MR) is 183 cm³/mol. The highest BCUT2D eigenvalue weighted by Crippen LogP contribution is 2.51. The standard InChI is InChI=1S/C38H42N4O3/c1-10-25-20(3)29-16-33-27-13-11-19(2)23(6)38(27,8)35(42-33)18-30-22(5)37(24(7)43)34(41-30)17-32-26(12-14-36(44)45-9)21(4)28(40-32)15-31(25)39-29/h10-11,13,15-18,21,23,28,40-41,43H,1,7,12,14H2,2-6,8-9H3/b30-18-,31-15-,33-16-,34-17-/t21?,23-,28?,38-/m1/s1. The number of carbonyl (C=O) groups is 1. The Morgan fingerprint density at radius 2 is 1.87 bits per heavy atom. The molecule has 1 aromatic rings. The van der Waals surface area contributed by atoms with Crippen molar-refractivity contribution in [1.29, 1.82) is 0 Å². The van der Waals surface area contributed by atoms with E-state index in [4.69, 9.17) is 14.7 Å². The minimum absolute atomic E-state index is 0.0108. The zero-order valence-corrected chi connectivity index (χ0v) is 27.3. The normalized spacial score (nSPS) is 30.6. The summed E-state index contributed by atoms with van der Waals surface area (Å²) < 4.78 is 4.97. The van der Waals surface area contributed by atoms with Gasteiger partial charge in [-0.2, -0.15) is 0 Å². The highest BCUT2D eigenvalue weighted by Gasteiger charge is 2.46. The molecule has 6 rings (SSSR count). The number of nitrogens with one attached hydrogen (secondary N) is 2. The van der Waals surface area contributed by atoms with Crippen LogP contribution in [-0.2, 0) is 9.53 Å². The first-order valence-electron chi connectivity index (χ1n) is 15.6. The molecule has 1 aliphatic carbocycles. The fraction of sp³-hybridized carbons (Fsp3) is 0.342. The van der Waals surface area contributed by atoms with Crippen LogP contribution in [0, 0.1) is 24.2 Å². The van der Waals surface area contributed by atoms with Gasteiger partial charge in [-0.3, -0.25) is 9.79 Å². The van der Waals surface area contributed by atoms with E-state index in [2.05, 4.69) is 88.5 Å². The van der Waals surface area contributed by atoms with Crippen LogP contribution in [0.1, 0.15) is 58.6 Å². The fourth-order valence-corrected chi connectivity index (χ4v) is 7.38. The molecule has 1 aromatic heterocycles. The van der Waals surface area contributed by atoms with E-state index in [1.807, 2.05) is 19.1 Å². The quantitative estimate of drug-likeness (QED) is 0.287. The van der Waals surface area contributed by atoms with Crippen LogP contribution in [0.15, 0.2) is 98.5 Å². The second-order valence-corrected chi connectivity index (χ2v) is 12.9. The summed E-state index contributed by atoms with van der Waals surface area (Å²) in [6, 6.07) is -0.0809. The van der Waals surface area contributed by atoms with E-state index in [0.717, 1.165) is 61.5 Å². The molecule has 5 aliphatic rings. The number of hydrogen-bond acceptors (Lipinski definition) is 6. The number of aliphatic imine (C=N–C) groups is 2. The molecule has 4 aliphatic heterocycles. The number of methoxy groups -OCH3 is 1. The van der Waals surface area contributed by atoms with Gasteiger partial charge in [0.05, 0.1) is 41.3 Å². The third kappa shape index (κ3) is 4.76. The van der Waals surface area contributed by atoms with Gasteiger partial charge in [0.15, 0.2) is 0 Å². The molecule has 3 N–H and O–H groups in total. The summed E-state index contributed by atoms with van der Waals surface area (Å²) in [5, 5.41) is 16.1. The Morgan fingerprint density at radius 1 is 1.11 bits per heavy atom. The van der Waals surface area contributed by atoms with Crippen molar-refractivity contribution >= 4 is 35.3 Å². The number of aromatic nitrogens is 1. The number of nitrogens with zero attached hydrogens (tertiary/aromatic N) is 2. The summed E-state index contributed by atoms with van der Waals surface area (Å²) >= 11 is 0. The van der Waals surface area contributed by atoms with E-state index < -0.39 is 0 Å². The lowest BCUT2D eigenvalue weighted by molar-refractivity contribution is -0.140. The second kappa shape index (κ2) is 11.1. The highest BCUT2D eigenvalue weighted by molar-refractivity contribution is 6.20. The predicted octanol–water partition coefficient (Wildman–Crippen LogP) is 5.95. The van der Waals surface area contributed by atoms with E-state index in [1.54, 1.807) is 0 Å². The number of H-pyrrole nitrogens is 1. The van der Waals surface area contributed by atoms with Crippen molar-refractivity contribution in [2.75, 3.05) is 7.11 Å². The van der Waals surface area contributed by atoms with Gasteiger partial charge in [0.1, 0.15) is 5.76 Å². The van der Waals surface area contributed by atoms with E-state index >= 15 is 0 Å². The number of esters is 1. The molecular weight excluding hydrogens is 560 g/mol. The molecule has 2 unspecified atom stereocenters. The molecule has 0 aromatic carbocycles. The minimum Gasteiger partial charge on any atom is -0.508 e. The lowest BCUT2D eigenvalue weighted by Crippen LogP contribution is -2.35. The van der Waals surface area contributed by atoms with Crippen LogP contribution in [0.5, 0.6) is 0 Å². The Balaban J connectivity index is 1.66. The number of aromatic amines is 1. The molecule has 0 saturated heterocycles. The Kier molecular flexibility index (Phi) is 7.46. The Labute approximate surface area is 265 Å². The molecule has 0 amide bonds. The SMILES string of the molecule is C=CC1=C(C)C2=NC/1=C\C1NC(=C(CCC(=O)OC)C1C)/C=c1\[nH]/c(c(C)c1C(=C)O)=C\C1=NC(=C\2)/C2=CC=C(C)[C@@H](C)[C@]21C. The van der Waals surface area contributed by atoms with Crippen LogP contribution in [0.25, 0.3) is 17.9 Å². The molecular formula is C38H42N4O3. The van der Waals surface area contributed by atoms with E-state index in [-0.39, 0.29) is 41.4 Å². The summed E-state index contributed by atoms with van der Waals surface area (Å²) in [6.45, 7) is 21.0. The van der Waals surface area contributed by atoms with E-state index in [1.165, 1.54) is 18.3 Å². The molecule has 8 bridgehead atoms. The van der Waals surface area contributed by atoms with Crippen molar-refractivity contribution in [3.63, 3.8) is 0 Å². The van der Waals surface area contributed by atoms with Crippen LogP contribution in [0.3, 0.4) is 0 Å². The average Bonchev–Trinajstić information content (AvgIpc) is 3.66. The first kappa shape index (κ1) is 30.4. The largest absolute Gasteiger partial charge is 0.508 e. The van der Waals surface area contributed by atoms with Crippen molar-refractivity contribution in [2.45, 2.75) is 60.4 Å². The zero-order chi connectivity index (χ0) is 32.4. The minimum atomic E-state index is -0.354. The molecule has 7 heteroatoms. The Bertz CT molecular complexity index is 1950. The van der Waals surface area contributed by atoms with Gasteiger partial charge in [-0.05, 0) is 86.6 Å². The van der Waals surface area contributed by atoms with Crippen LogP contribution >= 0.6 is 0 Å². The number of aliphatic hydroxyl groups is 1. The average molecular weight is 603 g/mol. The zero-order valence-electron chi connectivity index (χ0n) is 27.3. The summed E-state index contributed by atoms with van der Waals surface area (Å²) in [5.74, 6) is 0.0291. The fourth-order valence-electron chi connectivity index (χ4n) is 7.38. The Morgan fingerprint density at radius 3 is 2.56 bits per heavy atom. The molecule has 4 atom stereocenters. The first-order chi connectivity index (χ1) is 21.4. The number of allylic oxidation sites excluding steroid dienone is 8. The number of carbonyl (C=O) groups excluding carboxylic acids is 1. The van der Waals surface area contributed by atoms with Crippen LogP contribution < -0.4 is 16.0 Å². The van der Waals surface area contributed by atoms with Gasteiger partial charge >= 0.3 is 5.97 Å². The molecule has 0 fully saturated rings. The molecule has 232 valence electrons. The molecule has 45 heavy (non-hydrogen) atoms. The van der Waals surface area contributed by atoms with Gasteiger partial charge in [0.2, 0.25) is 0 Å². The van der Waals surface area contributed by atoms with Gasteiger partial charge in [0.25, 0.3) is 0 Å². The van der Waals surface area contributed by atoms with Crippen LogP contribution in [0.2, 0.25) is 0 Å². The van der Waals surface area contributed by atoms with Crippen molar-refractivity contribution in [2.24, 2.45) is 27.2 Å². The monoisotopic (exact) mass is 602 g/mol. The van der Waals surface area contributed by atoms with Gasteiger partial charge in [0, 0.05) is 39.9 Å². The van der Waals surface area contributed by atoms with E-state index in [9.17, 15) is 9.90 Å². The first-order valence-corrected chi connectivity index (χ1v) is 15.6. The summed E-state index contributed by atoms with van der Waals surface area (Å²) in [7, 11) is 1.41. The molecule has 0 spiro atoms. The summed E-state index contributed by atoms with van der Waals surface area (Å²) in [6.07, 6.45) is 15.5. The van der Waals surface area contributed by atoms with Crippen molar-refractivity contribution < 1.29 is 14.6 Å². The maximum absolute atomic E-state index is 12.2. The molecule has 7 nitrogen and oxygen atoms in total. The molecule has 0 saturated carbocycles. The topological polar surface area (TPSA) is 99.1 Å². The number of ether oxygens (including phenoxy) is 1. The Hall–Kier alpha value is -4.65. The third-order valence-electron chi connectivity index (χ3n) is 10.5. The van der Waals surface area contributed by atoms with Gasteiger partial charge < -0.3 is 20.1 Å². The number of hydrogen-bond donors (Lipinski definition) is 3. The lowest BCUT2D eigenvalue weighted by atomic mass is 9.64. The third-order valence-corrected chi connectivity index (χ3v) is 10.5. The molecule has 0 radical (unpaired) electrons. The lowest BCUT2D eigenvalue weighted by Gasteiger charge is -2.37. The van der Waals surface area contributed by atoms with E-state index in [0.29, 0.717) is 12.0 Å². The highest BCUT2D eigenvalue weighted by atomic mass is 16.5.